The van der Waals surface area contributed by atoms with Gasteiger partial charge >= 0.3 is 6.03 Å². The number of hydrogen-bond acceptors (Lipinski definition) is 3. The molecule has 0 aromatic rings. The minimum Gasteiger partial charge on any atom is -0.389 e. The molecule has 2 amide bonds. The topological polar surface area (TPSA) is 70.6 Å². The molecule has 0 heterocycles. The fraction of sp³-hybridized carbons (Fsp3) is 0.923. The van der Waals surface area contributed by atoms with Gasteiger partial charge in [0, 0.05) is 20.2 Å². The Morgan fingerprint density at radius 1 is 1.33 bits per heavy atom. The summed E-state index contributed by atoms with van der Waals surface area (Å²) >= 11 is 0. The number of amides is 2. The van der Waals surface area contributed by atoms with Crippen molar-refractivity contribution in [3.8, 4) is 0 Å². The van der Waals surface area contributed by atoms with Crippen LogP contribution in [0.5, 0.6) is 0 Å². The van der Waals surface area contributed by atoms with E-state index in [4.69, 9.17) is 4.74 Å². The number of carbonyl (C=O) groups is 1. The maximum atomic E-state index is 11.4. The van der Waals surface area contributed by atoms with Gasteiger partial charge in [-0.05, 0) is 12.3 Å². The second kappa shape index (κ2) is 9.16. The van der Waals surface area contributed by atoms with Crippen LogP contribution >= 0.6 is 0 Å². The molecule has 5 nitrogen and oxygen atoms in total. The van der Waals surface area contributed by atoms with Crippen LogP contribution in [0.2, 0.25) is 0 Å². The Bertz CT molecular complexity index is 230. The molecule has 5 heteroatoms. The standard InChI is InChI=1S/C13H26N2O3/c1-18-10-12(16)9-15-13(17)14-8-7-11-5-3-2-4-6-11/h11-12,16H,2-10H2,1H3,(H2,14,15,17). The molecule has 0 saturated heterocycles. The highest BCUT2D eigenvalue weighted by Crippen LogP contribution is 2.25. The first-order chi connectivity index (χ1) is 8.72. The molecule has 1 atom stereocenters. The highest BCUT2D eigenvalue weighted by molar-refractivity contribution is 5.73. The van der Waals surface area contributed by atoms with Crippen LogP contribution in [0, 0.1) is 5.92 Å². The van der Waals surface area contributed by atoms with E-state index in [1.165, 1.54) is 39.2 Å². The first-order valence-electron chi connectivity index (χ1n) is 6.91. The van der Waals surface area contributed by atoms with E-state index in [-0.39, 0.29) is 19.2 Å². The Hall–Kier alpha value is -0.810. The van der Waals surface area contributed by atoms with Crippen molar-refractivity contribution in [2.45, 2.75) is 44.6 Å². The van der Waals surface area contributed by atoms with E-state index < -0.39 is 6.10 Å². The summed E-state index contributed by atoms with van der Waals surface area (Å²) in [5.74, 6) is 0.776. The number of methoxy groups -OCH3 is 1. The maximum absolute atomic E-state index is 11.4. The number of aliphatic hydroxyl groups is 1. The van der Waals surface area contributed by atoms with E-state index >= 15 is 0 Å². The van der Waals surface area contributed by atoms with Gasteiger partial charge < -0.3 is 20.5 Å². The first kappa shape index (κ1) is 15.2. The zero-order chi connectivity index (χ0) is 13.2. The average molecular weight is 258 g/mol. The van der Waals surface area contributed by atoms with Gasteiger partial charge in [-0.25, -0.2) is 4.79 Å². The molecular weight excluding hydrogens is 232 g/mol. The first-order valence-corrected chi connectivity index (χ1v) is 6.91. The summed E-state index contributed by atoms with van der Waals surface area (Å²) in [5, 5.41) is 14.8. The zero-order valence-corrected chi connectivity index (χ0v) is 11.3. The quantitative estimate of drug-likeness (QED) is 0.644. The maximum Gasteiger partial charge on any atom is 0.314 e. The predicted octanol–water partition coefficient (Wildman–Crippen LogP) is 1.26. The van der Waals surface area contributed by atoms with Crippen molar-refractivity contribution in [2.24, 2.45) is 5.92 Å². The molecule has 0 aromatic heterocycles. The molecule has 0 bridgehead atoms. The SMILES string of the molecule is COCC(O)CNC(=O)NCCC1CCCCC1. The second-order valence-corrected chi connectivity index (χ2v) is 5.04. The fourth-order valence-electron chi connectivity index (χ4n) is 2.39. The largest absolute Gasteiger partial charge is 0.389 e. The highest BCUT2D eigenvalue weighted by atomic mass is 16.5. The van der Waals surface area contributed by atoms with E-state index in [9.17, 15) is 9.90 Å². The van der Waals surface area contributed by atoms with Crippen molar-refractivity contribution < 1.29 is 14.6 Å². The third kappa shape index (κ3) is 6.81. The number of urea groups is 1. The molecule has 0 aliphatic heterocycles. The summed E-state index contributed by atoms with van der Waals surface area (Å²) in [6, 6.07) is -0.207. The van der Waals surface area contributed by atoms with Crippen LogP contribution in [0.4, 0.5) is 4.79 Å². The molecule has 1 aliphatic carbocycles. The van der Waals surface area contributed by atoms with Gasteiger partial charge in [0.05, 0.1) is 12.7 Å². The Labute approximate surface area is 109 Å². The molecule has 3 N–H and O–H groups in total. The molecule has 0 aromatic carbocycles. The minimum absolute atomic E-state index is 0.207. The Morgan fingerprint density at radius 2 is 2.06 bits per heavy atom. The molecule has 0 spiro atoms. The lowest BCUT2D eigenvalue weighted by atomic mass is 9.87. The van der Waals surface area contributed by atoms with Gasteiger partial charge in [0.1, 0.15) is 0 Å². The number of nitrogens with one attached hydrogen (secondary N) is 2. The summed E-state index contributed by atoms with van der Waals surface area (Å²) in [4.78, 5) is 11.4. The Kier molecular flexibility index (Phi) is 7.76. The van der Waals surface area contributed by atoms with Gasteiger partial charge in [-0.15, -0.1) is 0 Å². The fourth-order valence-corrected chi connectivity index (χ4v) is 2.39. The summed E-state index contributed by atoms with van der Waals surface area (Å²) in [7, 11) is 1.52. The molecule has 18 heavy (non-hydrogen) atoms. The van der Waals surface area contributed by atoms with E-state index in [2.05, 4.69) is 10.6 Å². The van der Waals surface area contributed by atoms with Crippen molar-refractivity contribution in [1.29, 1.82) is 0 Å². The van der Waals surface area contributed by atoms with Crippen molar-refractivity contribution >= 4 is 6.03 Å². The number of carbonyl (C=O) groups excluding carboxylic acids is 1. The van der Waals surface area contributed by atoms with Gasteiger partial charge in [0.25, 0.3) is 0 Å². The minimum atomic E-state index is -0.640. The molecular formula is C13H26N2O3. The lowest BCUT2D eigenvalue weighted by Crippen LogP contribution is -2.41. The monoisotopic (exact) mass is 258 g/mol. The summed E-state index contributed by atoms with van der Waals surface area (Å²) in [6.45, 7) is 1.18. The number of hydrogen-bond donors (Lipinski definition) is 3. The van der Waals surface area contributed by atoms with Gasteiger partial charge in [-0.2, -0.15) is 0 Å². The third-order valence-electron chi connectivity index (χ3n) is 3.42. The zero-order valence-electron chi connectivity index (χ0n) is 11.3. The molecule has 1 fully saturated rings. The Balaban J connectivity index is 1.99. The second-order valence-electron chi connectivity index (χ2n) is 5.04. The normalized spacial score (nSPS) is 18.3. The van der Waals surface area contributed by atoms with Gasteiger partial charge in [-0.1, -0.05) is 32.1 Å². The summed E-state index contributed by atoms with van der Waals surface area (Å²) in [5.41, 5.74) is 0. The third-order valence-corrected chi connectivity index (χ3v) is 3.42. The average Bonchev–Trinajstić information content (AvgIpc) is 2.38. The molecule has 106 valence electrons. The molecule has 1 saturated carbocycles. The summed E-state index contributed by atoms with van der Waals surface area (Å²) in [6.07, 6.45) is 7.06. The van der Waals surface area contributed by atoms with Crippen molar-refractivity contribution in [3.63, 3.8) is 0 Å². The van der Waals surface area contributed by atoms with Crippen LogP contribution in [0.3, 0.4) is 0 Å². The van der Waals surface area contributed by atoms with Crippen LogP contribution < -0.4 is 10.6 Å². The van der Waals surface area contributed by atoms with Crippen LogP contribution in [-0.4, -0.2) is 44.0 Å². The lowest BCUT2D eigenvalue weighted by molar-refractivity contribution is 0.0660. The highest BCUT2D eigenvalue weighted by Gasteiger charge is 2.13. The van der Waals surface area contributed by atoms with E-state index in [1.54, 1.807) is 0 Å². The number of rotatable bonds is 7. The van der Waals surface area contributed by atoms with Crippen LogP contribution in [-0.2, 0) is 4.74 Å². The molecule has 1 aliphatic rings. The molecule has 1 unspecified atom stereocenters. The van der Waals surface area contributed by atoms with Gasteiger partial charge in [0.15, 0.2) is 0 Å². The van der Waals surface area contributed by atoms with Crippen LogP contribution in [0.1, 0.15) is 38.5 Å². The van der Waals surface area contributed by atoms with Crippen molar-refractivity contribution in [1.82, 2.24) is 10.6 Å². The Morgan fingerprint density at radius 3 is 2.72 bits per heavy atom. The van der Waals surface area contributed by atoms with Gasteiger partial charge in [0.2, 0.25) is 0 Å². The van der Waals surface area contributed by atoms with Gasteiger partial charge in [-0.3, -0.25) is 0 Å². The predicted molar refractivity (Wildman–Crippen MR) is 70.5 cm³/mol. The molecule has 1 rings (SSSR count). The van der Waals surface area contributed by atoms with E-state index in [0.717, 1.165) is 18.9 Å². The lowest BCUT2D eigenvalue weighted by Gasteiger charge is -2.21. The van der Waals surface area contributed by atoms with Crippen LogP contribution in [0.25, 0.3) is 0 Å². The van der Waals surface area contributed by atoms with E-state index in [0.29, 0.717) is 0 Å². The van der Waals surface area contributed by atoms with Crippen molar-refractivity contribution in [3.05, 3.63) is 0 Å². The molecule has 0 radical (unpaired) electrons. The van der Waals surface area contributed by atoms with Crippen LogP contribution in [0.15, 0.2) is 0 Å². The number of aliphatic hydroxyl groups excluding tert-OH is 1. The smallest absolute Gasteiger partial charge is 0.314 e. The van der Waals surface area contributed by atoms with E-state index in [1.807, 2.05) is 0 Å². The summed E-state index contributed by atoms with van der Waals surface area (Å²) < 4.78 is 4.77. The van der Waals surface area contributed by atoms with Crippen molar-refractivity contribution in [2.75, 3.05) is 26.8 Å². The number of ether oxygens (including phenoxy) is 1.